The summed E-state index contributed by atoms with van der Waals surface area (Å²) in [6, 6.07) is 0.317. The van der Waals surface area contributed by atoms with Gasteiger partial charge in [-0.1, -0.05) is 0 Å². The van der Waals surface area contributed by atoms with Crippen molar-refractivity contribution in [2.45, 2.75) is 25.3 Å². The number of sulfonamides is 1. The lowest BCUT2D eigenvalue weighted by Crippen LogP contribution is -2.45. The summed E-state index contributed by atoms with van der Waals surface area (Å²) in [4.78, 5) is 11.0. The third kappa shape index (κ3) is 5.01. The average Bonchev–Trinajstić information content (AvgIpc) is 2.28. The Kier molecular flexibility index (Phi) is 5.35. The Morgan fingerprint density at radius 3 is 2.41 bits per heavy atom. The molecular formula is C10H21N3O3S. The molecule has 17 heavy (non-hydrogen) atoms. The quantitative estimate of drug-likeness (QED) is 0.676. The first-order valence-corrected chi connectivity index (χ1v) is 7.67. The molecule has 1 saturated heterocycles. The van der Waals surface area contributed by atoms with Crippen molar-refractivity contribution in [1.29, 1.82) is 0 Å². The molecule has 1 fully saturated rings. The van der Waals surface area contributed by atoms with Crippen molar-refractivity contribution >= 4 is 15.9 Å². The molecule has 6 nitrogen and oxygen atoms in total. The van der Waals surface area contributed by atoms with E-state index < -0.39 is 10.0 Å². The van der Waals surface area contributed by atoms with E-state index in [9.17, 15) is 13.2 Å². The van der Waals surface area contributed by atoms with E-state index in [1.54, 1.807) is 7.05 Å². The highest BCUT2D eigenvalue weighted by Crippen LogP contribution is 2.12. The minimum absolute atomic E-state index is 0.0195. The number of hydrogen-bond acceptors (Lipinski definition) is 4. The number of piperidine rings is 1. The largest absolute Gasteiger partial charge is 0.359 e. The summed E-state index contributed by atoms with van der Waals surface area (Å²) in [5.41, 5.74) is 0. The van der Waals surface area contributed by atoms with E-state index in [0.29, 0.717) is 32.1 Å². The topological polar surface area (TPSA) is 78.5 Å². The normalized spacial score (nSPS) is 19.2. The maximum Gasteiger partial charge on any atom is 0.221 e. The summed E-state index contributed by atoms with van der Waals surface area (Å²) in [5, 5.41) is 5.84. The van der Waals surface area contributed by atoms with Gasteiger partial charge >= 0.3 is 0 Å². The summed E-state index contributed by atoms with van der Waals surface area (Å²) in [5.74, 6) is 0.0195. The number of carbonyl (C=O) groups excluding carboxylic acids is 1. The van der Waals surface area contributed by atoms with Crippen molar-refractivity contribution in [3.05, 3.63) is 0 Å². The zero-order valence-electron chi connectivity index (χ0n) is 10.4. The van der Waals surface area contributed by atoms with Crippen LogP contribution >= 0.6 is 0 Å². The molecule has 0 aromatic rings. The Morgan fingerprint density at radius 2 is 1.94 bits per heavy atom. The fraction of sp³-hybridized carbons (Fsp3) is 0.900. The highest BCUT2D eigenvalue weighted by molar-refractivity contribution is 7.88. The fourth-order valence-electron chi connectivity index (χ4n) is 1.91. The van der Waals surface area contributed by atoms with Crippen LogP contribution in [0.2, 0.25) is 0 Å². The maximum absolute atomic E-state index is 11.3. The number of amides is 1. The van der Waals surface area contributed by atoms with Gasteiger partial charge < -0.3 is 10.6 Å². The number of nitrogens with one attached hydrogen (secondary N) is 2. The van der Waals surface area contributed by atoms with Gasteiger partial charge in [0, 0.05) is 39.1 Å². The minimum atomic E-state index is -3.05. The number of nitrogens with zero attached hydrogens (tertiary/aromatic N) is 1. The smallest absolute Gasteiger partial charge is 0.221 e. The van der Waals surface area contributed by atoms with Gasteiger partial charge in [-0.15, -0.1) is 0 Å². The Balaban J connectivity index is 2.22. The van der Waals surface area contributed by atoms with Crippen LogP contribution in [0.4, 0.5) is 0 Å². The van der Waals surface area contributed by atoms with Crippen LogP contribution in [-0.4, -0.2) is 57.6 Å². The van der Waals surface area contributed by atoms with Gasteiger partial charge in [-0.3, -0.25) is 4.79 Å². The Morgan fingerprint density at radius 1 is 1.35 bits per heavy atom. The van der Waals surface area contributed by atoms with Gasteiger partial charge in [0.2, 0.25) is 15.9 Å². The first-order chi connectivity index (χ1) is 7.93. The van der Waals surface area contributed by atoms with Crippen molar-refractivity contribution in [2.24, 2.45) is 0 Å². The minimum Gasteiger partial charge on any atom is -0.359 e. The van der Waals surface area contributed by atoms with Crippen LogP contribution in [0.3, 0.4) is 0 Å². The Bertz CT molecular complexity index is 348. The molecule has 2 N–H and O–H groups in total. The molecule has 0 bridgehead atoms. The summed E-state index contributed by atoms with van der Waals surface area (Å²) < 4.78 is 24.1. The molecular weight excluding hydrogens is 242 g/mol. The van der Waals surface area contributed by atoms with Crippen molar-refractivity contribution < 1.29 is 13.2 Å². The number of hydrogen-bond donors (Lipinski definition) is 2. The predicted molar refractivity (Wildman–Crippen MR) is 66.1 cm³/mol. The molecule has 0 aromatic carbocycles. The van der Waals surface area contributed by atoms with Gasteiger partial charge in [0.05, 0.1) is 6.26 Å². The zero-order valence-corrected chi connectivity index (χ0v) is 11.2. The van der Waals surface area contributed by atoms with Crippen molar-refractivity contribution in [1.82, 2.24) is 14.9 Å². The van der Waals surface area contributed by atoms with E-state index in [2.05, 4.69) is 10.6 Å². The SMILES string of the molecule is CNC(=O)CCNC1CCN(S(C)(=O)=O)CC1. The van der Waals surface area contributed by atoms with E-state index in [0.717, 1.165) is 12.8 Å². The molecule has 0 radical (unpaired) electrons. The molecule has 1 amide bonds. The standard InChI is InChI=1S/C10H21N3O3S/c1-11-10(14)3-6-12-9-4-7-13(8-5-9)17(2,15)16/h9,12H,3-8H2,1-2H3,(H,11,14). The summed E-state index contributed by atoms with van der Waals surface area (Å²) in [6.07, 6.45) is 3.32. The third-order valence-electron chi connectivity index (χ3n) is 2.99. The van der Waals surface area contributed by atoms with Gasteiger partial charge in [0.25, 0.3) is 0 Å². The highest BCUT2D eigenvalue weighted by atomic mass is 32.2. The van der Waals surface area contributed by atoms with Gasteiger partial charge in [0.1, 0.15) is 0 Å². The molecule has 0 aromatic heterocycles. The maximum atomic E-state index is 11.3. The summed E-state index contributed by atoms with van der Waals surface area (Å²) in [6.45, 7) is 1.77. The summed E-state index contributed by atoms with van der Waals surface area (Å²) in [7, 11) is -1.43. The van der Waals surface area contributed by atoms with Crippen LogP contribution in [0.25, 0.3) is 0 Å². The summed E-state index contributed by atoms with van der Waals surface area (Å²) >= 11 is 0. The number of rotatable bonds is 5. The molecule has 0 saturated carbocycles. The molecule has 7 heteroatoms. The van der Waals surface area contributed by atoms with E-state index in [4.69, 9.17) is 0 Å². The predicted octanol–water partition coefficient (Wildman–Crippen LogP) is -0.864. The Labute approximate surface area is 103 Å². The van der Waals surface area contributed by atoms with Crippen LogP contribution in [0, 0.1) is 0 Å². The van der Waals surface area contributed by atoms with Crippen LogP contribution < -0.4 is 10.6 Å². The highest BCUT2D eigenvalue weighted by Gasteiger charge is 2.24. The van der Waals surface area contributed by atoms with E-state index in [1.807, 2.05) is 0 Å². The zero-order chi connectivity index (χ0) is 12.9. The second kappa shape index (κ2) is 6.32. The molecule has 1 rings (SSSR count). The van der Waals surface area contributed by atoms with Gasteiger partial charge in [-0.2, -0.15) is 0 Å². The van der Waals surface area contributed by atoms with E-state index in [-0.39, 0.29) is 5.91 Å². The van der Waals surface area contributed by atoms with Crippen molar-refractivity contribution in [2.75, 3.05) is 32.9 Å². The van der Waals surface area contributed by atoms with E-state index in [1.165, 1.54) is 10.6 Å². The lowest BCUT2D eigenvalue weighted by Gasteiger charge is -2.30. The van der Waals surface area contributed by atoms with Gasteiger partial charge in [-0.05, 0) is 12.8 Å². The molecule has 1 aliphatic rings. The Hall–Kier alpha value is -0.660. The number of carbonyl (C=O) groups is 1. The van der Waals surface area contributed by atoms with Crippen LogP contribution in [0.15, 0.2) is 0 Å². The monoisotopic (exact) mass is 263 g/mol. The lowest BCUT2D eigenvalue weighted by molar-refractivity contribution is -0.120. The average molecular weight is 263 g/mol. The molecule has 0 aliphatic carbocycles. The molecule has 1 heterocycles. The molecule has 100 valence electrons. The van der Waals surface area contributed by atoms with Crippen LogP contribution in [0.1, 0.15) is 19.3 Å². The first-order valence-electron chi connectivity index (χ1n) is 5.82. The van der Waals surface area contributed by atoms with Crippen LogP contribution in [-0.2, 0) is 14.8 Å². The lowest BCUT2D eigenvalue weighted by atomic mass is 10.1. The van der Waals surface area contributed by atoms with Gasteiger partial charge in [-0.25, -0.2) is 12.7 Å². The van der Waals surface area contributed by atoms with Crippen molar-refractivity contribution in [3.63, 3.8) is 0 Å². The van der Waals surface area contributed by atoms with Crippen LogP contribution in [0.5, 0.6) is 0 Å². The van der Waals surface area contributed by atoms with Gasteiger partial charge in [0.15, 0.2) is 0 Å². The molecule has 1 aliphatic heterocycles. The third-order valence-corrected chi connectivity index (χ3v) is 4.29. The molecule has 0 atom stereocenters. The second-order valence-corrected chi connectivity index (χ2v) is 6.30. The molecule has 0 spiro atoms. The fourth-order valence-corrected chi connectivity index (χ4v) is 2.78. The second-order valence-electron chi connectivity index (χ2n) is 4.31. The molecule has 0 unspecified atom stereocenters. The van der Waals surface area contributed by atoms with Crippen molar-refractivity contribution in [3.8, 4) is 0 Å². The van der Waals surface area contributed by atoms with E-state index >= 15 is 0 Å². The first kappa shape index (κ1) is 14.4.